The number of nitrogens with zero attached hydrogens (tertiary/aromatic N) is 2. The summed E-state index contributed by atoms with van der Waals surface area (Å²) in [5.74, 6) is 0.0420. The number of thiophene rings is 1. The molecule has 0 aliphatic rings. The number of hydrogen-bond donors (Lipinski definition) is 2. The summed E-state index contributed by atoms with van der Waals surface area (Å²) >= 11 is 1.58. The maximum Gasteiger partial charge on any atom is 0.413 e. The molecule has 3 heterocycles. The molecule has 1 amide bonds. The van der Waals surface area contributed by atoms with E-state index in [9.17, 15) is 4.79 Å². The second-order valence-corrected chi connectivity index (χ2v) is 10.5. The first-order valence-electron chi connectivity index (χ1n) is 11.9. The summed E-state index contributed by atoms with van der Waals surface area (Å²) in [7, 11) is 0. The zero-order chi connectivity index (χ0) is 24.9. The van der Waals surface area contributed by atoms with Crippen LogP contribution in [0.4, 0.5) is 4.79 Å². The van der Waals surface area contributed by atoms with E-state index in [1.54, 1.807) is 32.1 Å². The first kappa shape index (κ1) is 29.0. The molecule has 3 aromatic heterocycles. The van der Waals surface area contributed by atoms with Crippen molar-refractivity contribution in [1.82, 2.24) is 14.9 Å². The molecular weight excluding hydrogens is 571 g/mol. The quantitative estimate of drug-likeness (QED) is 0.118. The fourth-order valence-electron chi connectivity index (χ4n) is 4.14. The van der Waals surface area contributed by atoms with Gasteiger partial charge in [-0.2, -0.15) is 0 Å². The number of amides is 1. The molecular formula is C27H37IN4O2S. The van der Waals surface area contributed by atoms with Gasteiger partial charge in [0, 0.05) is 38.7 Å². The molecule has 0 aliphatic heterocycles. The van der Waals surface area contributed by atoms with Crippen molar-refractivity contribution in [3.63, 3.8) is 0 Å². The molecule has 0 atom stereocenters. The normalized spacial score (nSPS) is 11.9. The first-order valence-corrected chi connectivity index (χ1v) is 12.8. The van der Waals surface area contributed by atoms with Gasteiger partial charge in [-0.05, 0) is 65.2 Å². The second-order valence-electron chi connectivity index (χ2n) is 9.51. The number of aromatic nitrogens is 2. The van der Waals surface area contributed by atoms with Crippen molar-refractivity contribution in [2.24, 2.45) is 0 Å². The van der Waals surface area contributed by atoms with E-state index >= 15 is 0 Å². The Bertz CT molecular complexity index is 1200. The molecule has 2 N–H and O–H groups in total. The molecule has 0 fully saturated rings. The van der Waals surface area contributed by atoms with Crippen molar-refractivity contribution in [2.45, 2.75) is 79.4 Å². The number of ether oxygens (including phenoxy) is 1. The maximum atomic E-state index is 12.0. The predicted octanol–water partition coefficient (Wildman–Crippen LogP) is 7.91. The van der Waals surface area contributed by atoms with E-state index in [0.717, 1.165) is 16.8 Å². The number of alkyl carbamates (subject to hydrolysis) is 1. The van der Waals surface area contributed by atoms with E-state index in [2.05, 4.69) is 47.8 Å². The number of fused-ring (bicyclic) bond motifs is 1. The zero-order valence-electron chi connectivity index (χ0n) is 21.5. The molecule has 0 spiro atoms. The Morgan fingerprint density at radius 3 is 2.71 bits per heavy atom. The summed E-state index contributed by atoms with van der Waals surface area (Å²) in [6.45, 7) is 12.6. The molecule has 0 saturated carbocycles. The summed E-state index contributed by atoms with van der Waals surface area (Å²) in [6.07, 6.45) is 10.1. The molecule has 0 bridgehead atoms. The Morgan fingerprint density at radius 2 is 2.06 bits per heavy atom. The molecule has 35 heavy (non-hydrogen) atoms. The Balaban J connectivity index is 0.00000432. The third kappa shape index (κ3) is 7.39. The summed E-state index contributed by atoms with van der Waals surface area (Å²) in [5, 5.41) is 13.9. The molecule has 3 aromatic rings. The predicted molar refractivity (Wildman–Crippen MR) is 157 cm³/mol. The van der Waals surface area contributed by atoms with Gasteiger partial charge < -0.3 is 9.30 Å². The van der Waals surface area contributed by atoms with Gasteiger partial charge in [0.05, 0.1) is 18.3 Å². The van der Waals surface area contributed by atoms with E-state index in [-0.39, 0.29) is 29.8 Å². The van der Waals surface area contributed by atoms with Crippen LogP contribution in [0.1, 0.15) is 82.0 Å². The smallest absolute Gasteiger partial charge is 0.413 e. The monoisotopic (exact) mass is 608 g/mol. The van der Waals surface area contributed by atoms with Crippen LogP contribution in [-0.2, 0) is 11.3 Å². The van der Waals surface area contributed by atoms with Crippen LogP contribution in [-0.4, -0.2) is 27.1 Å². The Labute approximate surface area is 229 Å². The van der Waals surface area contributed by atoms with Crippen LogP contribution < -0.4 is 5.32 Å². The van der Waals surface area contributed by atoms with E-state index in [1.807, 2.05) is 23.8 Å². The third-order valence-corrected chi connectivity index (χ3v) is 6.65. The van der Waals surface area contributed by atoms with Gasteiger partial charge in [-0.1, -0.05) is 25.8 Å². The highest BCUT2D eigenvalue weighted by molar-refractivity contribution is 14.0. The number of carbonyl (C=O) groups excluding carboxylic acids is 1. The van der Waals surface area contributed by atoms with Crippen molar-refractivity contribution >= 4 is 63.7 Å². The third-order valence-electron chi connectivity index (χ3n) is 5.73. The van der Waals surface area contributed by atoms with Gasteiger partial charge in [0.1, 0.15) is 11.4 Å². The Morgan fingerprint density at radius 1 is 1.31 bits per heavy atom. The van der Waals surface area contributed by atoms with E-state index in [4.69, 9.17) is 10.1 Å². The summed E-state index contributed by atoms with van der Waals surface area (Å²) in [4.78, 5) is 17.5. The molecule has 3 rings (SSSR count). The fourth-order valence-corrected chi connectivity index (χ4v) is 5.00. The van der Waals surface area contributed by atoms with Crippen LogP contribution in [0.2, 0.25) is 0 Å². The van der Waals surface area contributed by atoms with E-state index in [0.29, 0.717) is 12.1 Å². The summed E-state index contributed by atoms with van der Waals surface area (Å²) < 4.78 is 7.57. The lowest BCUT2D eigenvalue weighted by Gasteiger charge is -2.19. The van der Waals surface area contributed by atoms with Gasteiger partial charge in [-0.15, -0.1) is 35.3 Å². The van der Waals surface area contributed by atoms with Crippen LogP contribution in [0, 0.1) is 12.3 Å². The summed E-state index contributed by atoms with van der Waals surface area (Å²) in [5.41, 5.74) is 5.10. The highest BCUT2D eigenvalue weighted by Gasteiger charge is 2.20. The number of allylic oxidation sites excluding steroid dienone is 2. The van der Waals surface area contributed by atoms with Crippen LogP contribution in [0.25, 0.3) is 16.5 Å². The lowest BCUT2D eigenvalue weighted by molar-refractivity contribution is 0.0563. The number of halogens is 1. The van der Waals surface area contributed by atoms with E-state index < -0.39 is 11.7 Å². The number of nitrogens with one attached hydrogen (secondary N) is 2. The Kier molecular flexibility index (Phi) is 10.5. The SMILES string of the molecule is CC=C(CCCCC)c1c(C)n(Cc2cc(C(=N)NC(=O)OC(C)(C)C)cs2)c2cnccc12.I. The fraction of sp³-hybridized carbons (Fsp3) is 0.444. The van der Waals surface area contributed by atoms with Crippen LogP contribution in [0.15, 0.2) is 36.0 Å². The minimum Gasteiger partial charge on any atom is -0.444 e. The first-order chi connectivity index (χ1) is 16.1. The standard InChI is InChI=1S/C27H36N4O2S.HI/c1-7-9-10-11-19(8-2)24-18(3)31(23-15-29-13-12-22(23)24)16-21-14-20(17-34-21)25(28)30-26(32)33-27(4,5)6;/h8,12-15,17H,7,9-11,16H2,1-6H3,(H2,28,30,32);1H. The maximum absolute atomic E-state index is 12.0. The van der Waals surface area contributed by atoms with Gasteiger partial charge in [0.25, 0.3) is 0 Å². The average molecular weight is 609 g/mol. The second kappa shape index (κ2) is 12.7. The highest BCUT2D eigenvalue weighted by atomic mass is 127. The number of carbonyl (C=O) groups is 1. The Hall–Kier alpha value is -2.20. The molecule has 0 aliphatic carbocycles. The minimum absolute atomic E-state index is 0. The van der Waals surface area contributed by atoms with Crippen LogP contribution in [0.3, 0.4) is 0 Å². The van der Waals surface area contributed by atoms with Crippen LogP contribution >= 0.6 is 35.3 Å². The summed E-state index contributed by atoms with van der Waals surface area (Å²) in [6, 6.07) is 4.07. The van der Waals surface area contributed by atoms with Crippen molar-refractivity contribution < 1.29 is 9.53 Å². The number of unbranched alkanes of at least 4 members (excludes halogenated alkanes) is 2. The molecule has 0 unspecified atom stereocenters. The van der Waals surface area contributed by atoms with Gasteiger partial charge in [-0.3, -0.25) is 15.7 Å². The highest BCUT2D eigenvalue weighted by Crippen LogP contribution is 2.34. The van der Waals surface area contributed by atoms with Gasteiger partial charge in [-0.25, -0.2) is 4.79 Å². The van der Waals surface area contributed by atoms with E-state index in [1.165, 1.54) is 41.5 Å². The van der Waals surface area contributed by atoms with Gasteiger partial charge in [0.2, 0.25) is 0 Å². The lowest BCUT2D eigenvalue weighted by Crippen LogP contribution is -2.36. The van der Waals surface area contributed by atoms with Crippen molar-refractivity contribution in [1.29, 1.82) is 5.41 Å². The number of pyridine rings is 1. The van der Waals surface area contributed by atoms with Crippen molar-refractivity contribution in [3.05, 3.63) is 57.7 Å². The average Bonchev–Trinajstić information content (AvgIpc) is 3.34. The van der Waals surface area contributed by atoms with Crippen molar-refractivity contribution in [2.75, 3.05) is 0 Å². The zero-order valence-corrected chi connectivity index (χ0v) is 24.7. The van der Waals surface area contributed by atoms with Crippen LogP contribution in [0.5, 0.6) is 0 Å². The molecule has 8 heteroatoms. The minimum atomic E-state index is -0.616. The molecule has 0 saturated heterocycles. The number of rotatable bonds is 8. The molecule has 0 aromatic carbocycles. The topological polar surface area (TPSA) is 80.0 Å². The lowest BCUT2D eigenvalue weighted by atomic mass is 9.97. The molecule has 6 nitrogen and oxygen atoms in total. The molecule has 190 valence electrons. The molecule has 0 radical (unpaired) electrons. The van der Waals surface area contributed by atoms with Crippen molar-refractivity contribution in [3.8, 4) is 0 Å². The number of amidine groups is 1. The largest absolute Gasteiger partial charge is 0.444 e. The van der Waals surface area contributed by atoms with Gasteiger partial charge >= 0.3 is 6.09 Å². The van der Waals surface area contributed by atoms with Gasteiger partial charge in [0.15, 0.2) is 0 Å². The number of hydrogen-bond acceptors (Lipinski definition) is 5.